The number of carbonyl (C=O) groups excluding carboxylic acids is 1. The van der Waals surface area contributed by atoms with Crippen molar-refractivity contribution < 1.29 is 14.7 Å². The second-order valence-electron chi connectivity index (χ2n) is 5.31. The first kappa shape index (κ1) is 17.0. The van der Waals surface area contributed by atoms with Gasteiger partial charge in [0.05, 0.1) is 5.41 Å². The molecule has 116 valence electrons. The number of carboxylic acids is 1. The van der Waals surface area contributed by atoms with Gasteiger partial charge in [0.1, 0.15) is 0 Å². The third-order valence-electron chi connectivity index (χ3n) is 3.97. The molecule has 2 amide bonds. The van der Waals surface area contributed by atoms with E-state index in [4.69, 9.17) is 0 Å². The molecule has 0 aliphatic rings. The second kappa shape index (κ2) is 7.67. The van der Waals surface area contributed by atoms with Crippen LogP contribution >= 0.6 is 0 Å². The third-order valence-corrected chi connectivity index (χ3v) is 3.97. The molecule has 0 saturated heterocycles. The Kier molecular flexibility index (Phi) is 6.21. The van der Waals surface area contributed by atoms with E-state index in [1.807, 2.05) is 45.0 Å². The number of carboxylic acid groups (broad SMARTS) is 1. The van der Waals surface area contributed by atoms with Crippen LogP contribution in [-0.2, 0) is 11.3 Å². The summed E-state index contributed by atoms with van der Waals surface area (Å²) in [6.07, 6.45) is 0.966. The molecule has 0 bridgehead atoms. The minimum atomic E-state index is -0.888. The van der Waals surface area contributed by atoms with Crippen LogP contribution in [0.25, 0.3) is 0 Å². The van der Waals surface area contributed by atoms with Gasteiger partial charge in [-0.25, -0.2) is 4.79 Å². The van der Waals surface area contributed by atoms with Gasteiger partial charge in [-0.15, -0.1) is 0 Å². The van der Waals surface area contributed by atoms with E-state index in [-0.39, 0.29) is 12.6 Å². The van der Waals surface area contributed by atoms with Crippen LogP contribution in [0.15, 0.2) is 24.3 Å². The fourth-order valence-corrected chi connectivity index (χ4v) is 2.08. The summed E-state index contributed by atoms with van der Waals surface area (Å²) in [5.41, 5.74) is 1.29. The molecule has 0 unspecified atom stereocenters. The number of benzene rings is 1. The van der Waals surface area contributed by atoms with Crippen LogP contribution in [-0.4, -0.2) is 23.7 Å². The maximum atomic E-state index is 11.8. The van der Waals surface area contributed by atoms with Crippen molar-refractivity contribution in [3.8, 4) is 0 Å². The SMILES string of the molecule is CCC(CC)(CNC(=O)NCc1ccc(C)cc1)C(=O)O. The third kappa shape index (κ3) is 4.77. The van der Waals surface area contributed by atoms with Crippen molar-refractivity contribution in [1.29, 1.82) is 0 Å². The summed E-state index contributed by atoms with van der Waals surface area (Å²) in [4.78, 5) is 23.1. The molecular weight excluding hydrogens is 268 g/mol. The molecule has 1 aromatic carbocycles. The molecule has 0 heterocycles. The van der Waals surface area contributed by atoms with Gasteiger partial charge in [-0.3, -0.25) is 4.79 Å². The molecular formula is C16H24N2O3. The number of carbonyl (C=O) groups is 2. The van der Waals surface area contributed by atoms with Crippen molar-refractivity contribution >= 4 is 12.0 Å². The van der Waals surface area contributed by atoms with Crippen molar-refractivity contribution in [2.75, 3.05) is 6.54 Å². The van der Waals surface area contributed by atoms with Crippen LogP contribution < -0.4 is 10.6 Å². The zero-order valence-corrected chi connectivity index (χ0v) is 12.9. The van der Waals surface area contributed by atoms with E-state index in [0.717, 1.165) is 5.56 Å². The maximum absolute atomic E-state index is 11.8. The topological polar surface area (TPSA) is 78.4 Å². The van der Waals surface area contributed by atoms with E-state index in [2.05, 4.69) is 10.6 Å². The highest BCUT2D eigenvalue weighted by Gasteiger charge is 2.35. The lowest BCUT2D eigenvalue weighted by molar-refractivity contribution is -0.149. The summed E-state index contributed by atoms with van der Waals surface area (Å²) in [5.74, 6) is -0.869. The summed E-state index contributed by atoms with van der Waals surface area (Å²) >= 11 is 0. The standard InChI is InChI=1S/C16H24N2O3/c1-4-16(5-2,14(19)20)11-18-15(21)17-10-13-8-6-12(3)7-9-13/h6-9H,4-5,10-11H2,1-3H3,(H,19,20)(H2,17,18,21). The van der Waals surface area contributed by atoms with Crippen molar-refractivity contribution in [1.82, 2.24) is 10.6 Å². The van der Waals surface area contributed by atoms with Crippen LogP contribution in [0, 0.1) is 12.3 Å². The monoisotopic (exact) mass is 292 g/mol. The van der Waals surface area contributed by atoms with Crippen molar-refractivity contribution in [3.05, 3.63) is 35.4 Å². The van der Waals surface area contributed by atoms with E-state index < -0.39 is 11.4 Å². The van der Waals surface area contributed by atoms with Crippen molar-refractivity contribution in [2.45, 2.75) is 40.2 Å². The van der Waals surface area contributed by atoms with Gasteiger partial charge in [0.15, 0.2) is 0 Å². The first-order valence-corrected chi connectivity index (χ1v) is 7.24. The predicted molar refractivity (Wildman–Crippen MR) is 82.1 cm³/mol. The number of hydrogen-bond donors (Lipinski definition) is 3. The quantitative estimate of drug-likeness (QED) is 0.723. The highest BCUT2D eigenvalue weighted by Crippen LogP contribution is 2.25. The largest absolute Gasteiger partial charge is 0.481 e. The van der Waals surface area contributed by atoms with Crippen LogP contribution in [0.3, 0.4) is 0 Å². The number of hydrogen-bond acceptors (Lipinski definition) is 2. The molecule has 5 nitrogen and oxygen atoms in total. The van der Waals surface area contributed by atoms with Crippen LogP contribution in [0.2, 0.25) is 0 Å². The summed E-state index contributed by atoms with van der Waals surface area (Å²) in [5, 5.41) is 14.7. The van der Waals surface area contributed by atoms with Crippen molar-refractivity contribution in [3.63, 3.8) is 0 Å². The zero-order valence-electron chi connectivity index (χ0n) is 12.9. The molecule has 0 spiro atoms. The predicted octanol–water partition coefficient (Wildman–Crippen LogP) is 2.69. The summed E-state index contributed by atoms with van der Waals surface area (Å²) in [7, 11) is 0. The Morgan fingerprint density at radius 1 is 1.10 bits per heavy atom. The number of amides is 2. The van der Waals surface area contributed by atoms with Gasteiger partial charge in [0.25, 0.3) is 0 Å². The highest BCUT2D eigenvalue weighted by molar-refractivity contribution is 5.78. The van der Waals surface area contributed by atoms with E-state index in [9.17, 15) is 14.7 Å². The number of urea groups is 1. The van der Waals surface area contributed by atoms with Gasteiger partial charge >= 0.3 is 12.0 Å². The molecule has 21 heavy (non-hydrogen) atoms. The molecule has 0 aliphatic carbocycles. The average Bonchev–Trinajstić information content (AvgIpc) is 2.48. The Hall–Kier alpha value is -2.04. The van der Waals surface area contributed by atoms with Crippen LogP contribution in [0.1, 0.15) is 37.8 Å². The van der Waals surface area contributed by atoms with E-state index in [1.54, 1.807) is 0 Å². The Labute approximate surface area is 125 Å². The molecule has 0 fully saturated rings. The van der Waals surface area contributed by atoms with Gasteiger partial charge in [0, 0.05) is 13.1 Å². The second-order valence-corrected chi connectivity index (χ2v) is 5.31. The Bertz CT molecular complexity index is 479. The molecule has 1 aromatic rings. The molecule has 0 atom stereocenters. The molecule has 0 saturated carbocycles. The molecule has 1 rings (SSSR count). The lowest BCUT2D eigenvalue weighted by Crippen LogP contribution is -2.45. The normalized spacial score (nSPS) is 11.0. The lowest BCUT2D eigenvalue weighted by atomic mass is 9.82. The average molecular weight is 292 g/mol. The molecule has 0 aliphatic heterocycles. The highest BCUT2D eigenvalue weighted by atomic mass is 16.4. The number of aliphatic carboxylic acids is 1. The van der Waals surface area contributed by atoms with Crippen molar-refractivity contribution in [2.24, 2.45) is 5.41 Å². The minimum Gasteiger partial charge on any atom is -0.481 e. The summed E-state index contributed by atoms with van der Waals surface area (Å²) < 4.78 is 0. The van der Waals surface area contributed by atoms with Gasteiger partial charge in [-0.2, -0.15) is 0 Å². The van der Waals surface area contributed by atoms with Crippen LogP contribution in [0.4, 0.5) is 4.79 Å². The first-order valence-electron chi connectivity index (χ1n) is 7.24. The van der Waals surface area contributed by atoms with Gasteiger partial charge in [-0.05, 0) is 25.3 Å². The van der Waals surface area contributed by atoms with E-state index >= 15 is 0 Å². The lowest BCUT2D eigenvalue weighted by Gasteiger charge is -2.26. The fourth-order valence-electron chi connectivity index (χ4n) is 2.08. The summed E-state index contributed by atoms with van der Waals surface area (Å²) in [6.45, 7) is 6.21. The zero-order chi connectivity index (χ0) is 15.9. The Balaban J connectivity index is 2.46. The van der Waals surface area contributed by atoms with Gasteiger partial charge < -0.3 is 15.7 Å². The molecule has 5 heteroatoms. The Morgan fingerprint density at radius 2 is 1.67 bits per heavy atom. The van der Waals surface area contributed by atoms with Gasteiger partial charge in [-0.1, -0.05) is 43.7 Å². The molecule has 0 radical (unpaired) electrons. The number of nitrogens with one attached hydrogen (secondary N) is 2. The fraction of sp³-hybridized carbons (Fsp3) is 0.500. The Morgan fingerprint density at radius 3 is 2.14 bits per heavy atom. The van der Waals surface area contributed by atoms with E-state index in [1.165, 1.54) is 5.56 Å². The smallest absolute Gasteiger partial charge is 0.315 e. The number of rotatable bonds is 7. The minimum absolute atomic E-state index is 0.134. The van der Waals surface area contributed by atoms with E-state index in [0.29, 0.717) is 19.4 Å². The molecule has 3 N–H and O–H groups in total. The summed E-state index contributed by atoms with van der Waals surface area (Å²) in [6, 6.07) is 7.53. The number of aryl methyl sites for hydroxylation is 1. The van der Waals surface area contributed by atoms with Crippen LogP contribution in [0.5, 0.6) is 0 Å². The molecule has 0 aromatic heterocycles. The maximum Gasteiger partial charge on any atom is 0.315 e. The van der Waals surface area contributed by atoms with Gasteiger partial charge in [0.2, 0.25) is 0 Å². The first-order chi connectivity index (χ1) is 9.93.